The van der Waals surface area contributed by atoms with Gasteiger partial charge in [0, 0.05) is 50.4 Å². The SMILES string of the molecule is O=C1CC(C(=O)NCCc2nc(NC3CC3)ncc2C(=O)N2CCCC2)c2ccccc2N1. The number of aromatic nitrogens is 2. The third-order valence-electron chi connectivity index (χ3n) is 6.38. The van der Waals surface area contributed by atoms with Gasteiger partial charge in [0.15, 0.2) is 0 Å². The molecule has 9 heteroatoms. The molecule has 2 fully saturated rings. The van der Waals surface area contributed by atoms with Crippen LogP contribution >= 0.6 is 0 Å². The second-order valence-electron chi connectivity index (χ2n) is 8.91. The van der Waals surface area contributed by atoms with E-state index in [1.165, 1.54) is 0 Å². The van der Waals surface area contributed by atoms with Crippen molar-refractivity contribution in [2.75, 3.05) is 30.3 Å². The number of anilines is 2. The van der Waals surface area contributed by atoms with E-state index in [4.69, 9.17) is 0 Å². The number of hydrogen-bond acceptors (Lipinski definition) is 6. The number of nitrogens with one attached hydrogen (secondary N) is 3. The molecule has 3 amide bonds. The van der Waals surface area contributed by atoms with Gasteiger partial charge in [-0.3, -0.25) is 14.4 Å². The molecular weight excluding hydrogens is 420 g/mol. The first-order valence-electron chi connectivity index (χ1n) is 11.7. The normalized spacial score (nSPS) is 19.6. The van der Waals surface area contributed by atoms with Gasteiger partial charge < -0.3 is 20.9 Å². The summed E-state index contributed by atoms with van der Waals surface area (Å²) in [7, 11) is 0. The van der Waals surface area contributed by atoms with Crippen molar-refractivity contribution < 1.29 is 14.4 Å². The molecule has 5 rings (SSSR count). The third kappa shape index (κ3) is 4.81. The summed E-state index contributed by atoms with van der Waals surface area (Å²) in [5.74, 6) is -0.424. The van der Waals surface area contributed by atoms with Crippen LogP contribution in [0.5, 0.6) is 0 Å². The van der Waals surface area contributed by atoms with Crippen LogP contribution in [-0.2, 0) is 16.0 Å². The lowest BCUT2D eigenvalue weighted by atomic mass is 9.90. The molecule has 0 radical (unpaired) electrons. The van der Waals surface area contributed by atoms with Crippen LogP contribution in [0.25, 0.3) is 0 Å². The average Bonchev–Trinajstić information content (AvgIpc) is 3.46. The van der Waals surface area contributed by atoms with Crippen LogP contribution in [0.3, 0.4) is 0 Å². The molecule has 1 unspecified atom stereocenters. The van der Waals surface area contributed by atoms with Gasteiger partial charge in [0.25, 0.3) is 5.91 Å². The number of fused-ring (bicyclic) bond motifs is 1. The van der Waals surface area contributed by atoms with Gasteiger partial charge in [0.05, 0.1) is 17.2 Å². The minimum Gasteiger partial charge on any atom is -0.355 e. The molecule has 9 nitrogen and oxygen atoms in total. The Kier molecular flexibility index (Phi) is 5.93. The number of hydrogen-bond donors (Lipinski definition) is 3. The maximum absolute atomic E-state index is 13.0. The Morgan fingerprint density at radius 3 is 2.73 bits per heavy atom. The van der Waals surface area contributed by atoms with Gasteiger partial charge in [-0.1, -0.05) is 18.2 Å². The molecule has 1 saturated heterocycles. The van der Waals surface area contributed by atoms with E-state index in [-0.39, 0.29) is 24.1 Å². The predicted octanol–water partition coefficient (Wildman–Crippen LogP) is 2.07. The molecule has 172 valence electrons. The van der Waals surface area contributed by atoms with Crippen LogP contribution in [0.1, 0.15) is 59.6 Å². The van der Waals surface area contributed by atoms with Crippen LogP contribution in [0.4, 0.5) is 11.6 Å². The van der Waals surface area contributed by atoms with Gasteiger partial charge in [0.1, 0.15) is 0 Å². The molecule has 3 aliphatic rings. The Hall–Kier alpha value is -3.49. The molecule has 2 aromatic rings. The average molecular weight is 449 g/mol. The lowest BCUT2D eigenvalue weighted by Gasteiger charge is -2.24. The predicted molar refractivity (Wildman–Crippen MR) is 123 cm³/mol. The minimum atomic E-state index is -0.529. The van der Waals surface area contributed by atoms with Crippen LogP contribution < -0.4 is 16.0 Å². The fourth-order valence-corrected chi connectivity index (χ4v) is 4.43. The fraction of sp³-hybridized carbons (Fsp3) is 0.458. The zero-order valence-corrected chi connectivity index (χ0v) is 18.5. The van der Waals surface area contributed by atoms with Crippen LogP contribution in [0, 0.1) is 0 Å². The van der Waals surface area contributed by atoms with Crippen molar-refractivity contribution in [3.8, 4) is 0 Å². The van der Waals surface area contributed by atoms with Crippen molar-refractivity contribution in [1.82, 2.24) is 20.2 Å². The topological polar surface area (TPSA) is 116 Å². The quantitative estimate of drug-likeness (QED) is 0.597. The third-order valence-corrected chi connectivity index (χ3v) is 6.38. The second kappa shape index (κ2) is 9.17. The number of nitrogens with zero attached hydrogens (tertiary/aromatic N) is 3. The lowest BCUT2D eigenvalue weighted by Crippen LogP contribution is -2.36. The first-order valence-corrected chi connectivity index (χ1v) is 11.7. The molecule has 2 aliphatic heterocycles. The Morgan fingerprint density at radius 1 is 1.15 bits per heavy atom. The summed E-state index contributed by atoms with van der Waals surface area (Å²) < 4.78 is 0. The maximum Gasteiger partial charge on any atom is 0.257 e. The first-order chi connectivity index (χ1) is 16.1. The molecule has 1 saturated carbocycles. The molecular formula is C24H28N6O3. The Morgan fingerprint density at radius 2 is 1.94 bits per heavy atom. The number of para-hydroxylation sites is 1. The van der Waals surface area contributed by atoms with Crippen molar-refractivity contribution in [3.05, 3.63) is 47.3 Å². The van der Waals surface area contributed by atoms with E-state index in [2.05, 4.69) is 25.9 Å². The lowest BCUT2D eigenvalue weighted by molar-refractivity contribution is -0.126. The highest BCUT2D eigenvalue weighted by Gasteiger charge is 2.30. The number of benzene rings is 1. The molecule has 3 heterocycles. The van der Waals surface area contributed by atoms with E-state index in [1.54, 1.807) is 12.3 Å². The Balaban J connectivity index is 1.28. The molecule has 1 aromatic carbocycles. The van der Waals surface area contributed by atoms with Crippen molar-refractivity contribution in [1.29, 1.82) is 0 Å². The monoisotopic (exact) mass is 448 g/mol. The van der Waals surface area contributed by atoms with E-state index in [9.17, 15) is 14.4 Å². The van der Waals surface area contributed by atoms with E-state index >= 15 is 0 Å². The van der Waals surface area contributed by atoms with E-state index in [0.29, 0.717) is 41.9 Å². The molecule has 0 bridgehead atoms. The van der Waals surface area contributed by atoms with Gasteiger partial charge in [-0.15, -0.1) is 0 Å². The summed E-state index contributed by atoms with van der Waals surface area (Å²) in [4.78, 5) is 48.8. The van der Waals surface area contributed by atoms with Crippen molar-refractivity contribution >= 4 is 29.4 Å². The molecule has 1 aliphatic carbocycles. The number of likely N-dealkylation sites (tertiary alicyclic amines) is 1. The summed E-state index contributed by atoms with van der Waals surface area (Å²) in [5, 5.41) is 9.04. The number of amides is 3. The number of rotatable bonds is 7. The van der Waals surface area contributed by atoms with E-state index < -0.39 is 5.92 Å². The number of carbonyl (C=O) groups excluding carboxylic acids is 3. The first kappa shape index (κ1) is 21.4. The molecule has 33 heavy (non-hydrogen) atoms. The van der Waals surface area contributed by atoms with Crippen LogP contribution in [0.15, 0.2) is 30.5 Å². The summed E-state index contributed by atoms with van der Waals surface area (Å²) in [6, 6.07) is 7.77. The fourth-order valence-electron chi connectivity index (χ4n) is 4.43. The van der Waals surface area contributed by atoms with Gasteiger partial charge in [-0.25, -0.2) is 9.97 Å². The largest absolute Gasteiger partial charge is 0.355 e. The summed E-state index contributed by atoms with van der Waals surface area (Å²) in [6.45, 7) is 1.82. The summed E-state index contributed by atoms with van der Waals surface area (Å²) >= 11 is 0. The van der Waals surface area contributed by atoms with E-state index in [0.717, 1.165) is 44.3 Å². The minimum absolute atomic E-state index is 0.0512. The molecule has 1 aromatic heterocycles. The Labute approximate surface area is 192 Å². The molecule has 0 spiro atoms. The van der Waals surface area contributed by atoms with Crippen LogP contribution in [0.2, 0.25) is 0 Å². The molecule has 3 N–H and O–H groups in total. The van der Waals surface area contributed by atoms with Gasteiger partial charge in [-0.05, 0) is 37.3 Å². The highest BCUT2D eigenvalue weighted by molar-refractivity contribution is 6.01. The standard InChI is InChI=1S/C24H28N6O3/c31-21-13-17(16-5-1-2-6-19(16)28-21)22(32)25-10-9-20-18(23(33)30-11-3-4-12-30)14-26-24(29-20)27-15-7-8-15/h1-2,5-6,14-15,17H,3-4,7-13H2,(H,25,32)(H,28,31)(H,26,27,29). The second-order valence-corrected chi connectivity index (χ2v) is 8.91. The van der Waals surface area contributed by atoms with Crippen molar-refractivity contribution in [2.45, 2.75) is 50.5 Å². The van der Waals surface area contributed by atoms with E-state index in [1.807, 2.05) is 23.1 Å². The van der Waals surface area contributed by atoms with Crippen molar-refractivity contribution in [2.24, 2.45) is 0 Å². The smallest absolute Gasteiger partial charge is 0.257 e. The summed E-state index contributed by atoms with van der Waals surface area (Å²) in [5.41, 5.74) is 2.62. The highest BCUT2D eigenvalue weighted by Crippen LogP contribution is 2.32. The number of carbonyl (C=O) groups is 3. The van der Waals surface area contributed by atoms with Gasteiger partial charge in [0.2, 0.25) is 17.8 Å². The van der Waals surface area contributed by atoms with Crippen molar-refractivity contribution in [3.63, 3.8) is 0 Å². The zero-order valence-electron chi connectivity index (χ0n) is 18.5. The highest BCUT2D eigenvalue weighted by atomic mass is 16.2. The zero-order chi connectivity index (χ0) is 22.8. The maximum atomic E-state index is 13.0. The van der Waals surface area contributed by atoms with Gasteiger partial charge >= 0.3 is 0 Å². The van der Waals surface area contributed by atoms with Crippen LogP contribution in [-0.4, -0.2) is 58.3 Å². The molecule has 1 atom stereocenters. The summed E-state index contributed by atoms with van der Waals surface area (Å²) in [6.07, 6.45) is 6.34. The van der Waals surface area contributed by atoms with Gasteiger partial charge in [-0.2, -0.15) is 0 Å². The Bertz CT molecular complexity index is 1080.